The second-order valence-corrected chi connectivity index (χ2v) is 6.26. The fourth-order valence-corrected chi connectivity index (χ4v) is 3.79. The van der Waals surface area contributed by atoms with Gasteiger partial charge >= 0.3 is 0 Å². The molecule has 1 saturated carbocycles. The number of nitrogens with zero attached hydrogens (tertiary/aromatic N) is 1. The summed E-state index contributed by atoms with van der Waals surface area (Å²) in [5, 5.41) is 0. The minimum atomic E-state index is 0.388. The van der Waals surface area contributed by atoms with E-state index in [1.165, 1.54) is 70.9 Å². The van der Waals surface area contributed by atoms with E-state index in [0.717, 1.165) is 12.0 Å². The molecule has 17 heavy (non-hydrogen) atoms. The van der Waals surface area contributed by atoms with E-state index in [9.17, 15) is 0 Å². The van der Waals surface area contributed by atoms with Crippen LogP contribution >= 0.6 is 0 Å². The van der Waals surface area contributed by atoms with Gasteiger partial charge in [0.25, 0.3) is 0 Å². The van der Waals surface area contributed by atoms with E-state index < -0.39 is 0 Å². The third kappa shape index (κ3) is 3.96. The Labute approximate surface area is 107 Å². The summed E-state index contributed by atoms with van der Waals surface area (Å²) >= 11 is 0. The van der Waals surface area contributed by atoms with Crippen LogP contribution in [0.4, 0.5) is 0 Å². The zero-order chi connectivity index (χ0) is 12.1. The van der Waals surface area contributed by atoms with Crippen LogP contribution in [0, 0.1) is 5.92 Å². The highest BCUT2D eigenvalue weighted by atomic mass is 15.2. The highest BCUT2D eigenvalue weighted by molar-refractivity contribution is 4.87. The van der Waals surface area contributed by atoms with E-state index in [-0.39, 0.29) is 0 Å². The average molecular weight is 238 g/mol. The van der Waals surface area contributed by atoms with Gasteiger partial charge in [-0.05, 0) is 64.5 Å². The molecule has 2 nitrogen and oxygen atoms in total. The minimum absolute atomic E-state index is 0.388. The quantitative estimate of drug-likeness (QED) is 0.746. The molecule has 2 rings (SSSR count). The van der Waals surface area contributed by atoms with Crippen LogP contribution in [0.15, 0.2) is 0 Å². The maximum atomic E-state index is 5.80. The van der Waals surface area contributed by atoms with E-state index in [4.69, 9.17) is 5.73 Å². The Morgan fingerprint density at radius 2 is 1.88 bits per heavy atom. The maximum Gasteiger partial charge on any atom is 0.0123 e. The number of fused-ring (bicyclic) bond motifs is 1. The SMILES string of the molecule is CC(N)CCCCN1CCC[C@H]2CCCC[C@H]21. The van der Waals surface area contributed by atoms with Crippen molar-refractivity contribution in [3.05, 3.63) is 0 Å². The number of piperidine rings is 1. The molecule has 1 saturated heterocycles. The first-order valence-electron chi connectivity index (χ1n) is 7.77. The topological polar surface area (TPSA) is 29.3 Å². The van der Waals surface area contributed by atoms with Crippen molar-refractivity contribution < 1.29 is 0 Å². The molecule has 0 spiro atoms. The van der Waals surface area contributed by atoms with Crippen LogP contribution in [-0.4, -0.2) is 30.1 Å². The van der Waals surface area contributed by atoms with Gasteiger partial charge in [-0.1, -0.05) is 19.3 Å². The largest absolute Gasteiger partial charge is 0.328 e. The Balaban J connectivity index is 1.71. The van der Waals surface area contributed by atoms with Crippen molar-refractivity contribution in [2.45, 2.75) is 76.8 Å². The molecular weight excluding hydrogens is 208 g/mol. The minimum Gasteiger partial charge on any atom is -0.328 e. The lowest BCUT2D eigenvalue weighted by molar-refractivity contribution is 0.0595. The lowest BCUT2D eigenvalue weighted by atomic mass is 9.78. The van der Waals surface area contributed by atoms with E-state index in [2.05, 4.69) is 11.8 Å². The molecule has 0 aromatic carbocycles. The molecule has 0 aromatic rings. The van der Waals surface area contributed by atoms with Crippen molar-refractivity contribution in [2.24, 2.45) is 11.7 Å². The second kappa shape index (κ2) is 6.75. The number of unbranched alkanes of at least 4 members (excludes halogenated alkanes) is 1. The van der Waals surface area contributed by atoms with Crippen LogP contribution in [0.2, 0.25) is 0 Å². The monoisotopic (exact) mass is 238 g/mol. The molecular formula is C15H30N2. The summed E-state index contributed by atoms with van der Waals surface area (Å²) in [6.07, 6.45) is 12.7. The third-order valence-electron chi connectivity index (χ3n) is 4.71. The van der Waals surface area contributed by atoms with Crippen LogP contribution in [0.5, 0.6) is 0 Å². The van der Waals surface area contributed by atoms with Gasteiger partial charge in [-0.25, -0.2) is 0 Å². The first-order valence-corrected chi connectivity index (χ1v) is 7.77. The number of hydrogen-bond acceptors (Lipinski definition) is 2. The van der Waals surface area contributed by atoms with Crippen molar-refractivity contribution in [1.29, 1.82) is 0 Å². The summed E-state index contributed by atoms with van der Waals surface area (Å²) in [4.78, 5) is 2.80. The van der Waals surface area contributed by atoms with Gasteiger partial charge in [-0.3, -0.25) is 0 Å². The third-order valence-corrected chi connectivity index (χ3v) is 4.71. The van der Waals surface area contributed by atoms with Crippen LogP contribution in [-0.2, 0) is 0 Å². The lowest BCUT2D eigenvalue weighted by Crippen LogP contribution is -2.47. The molecule has 1 aliphatic carbocycles. The molecule has 0 aromatic heterocycles. The summed E-state index contributed by atoms with van der Waals surface area (Å²) in [5.41, 5.74) is 5.80. The van der Waals surface area contributed by atoms with Gasteiger partial charge in [-0.2, -0.15) is 0 Å². The number of hydrogen-bond donors (Lipinski definition) is 1. The van der Waals surface area contributed by atoms with Gasteiger partial charge in [0, 0.05) is 12.1 Å². The first kappa shape index (κ1) is 13.4. The Morgan fingerprint density at radius 3 is 2.71 bits per heavy atom. The van der Waals surface area contributed by atoms with Crippen LogP contribution in [0.25, 0.3) is 0 Å². The van der Waals surface area contributed by atoms with Crippen LogP contribution < -0.4 is 5.73 Å². The van der Waals surface area contributed by atoms with Crippen LogP contribution in [0.1, 0.15) is 64.7 Å². The highest BCUT2D eigenvalue weighted by Crippen LogP contribution is 2.35. The van der Waals surface area contributed by atoms with Gasteiger partial charge in [0.2, 0.25) is 0 Å². The van der Waals surface area contributed by atoms with Gasteiger partial charge in [0.15, 0.2) is 0 Å². The summed E-state index contributed by atoms with van der Waals surface area (Å²) in [7, 11) is 0. The molecule has 1 unspecified atom stereocenters. The lowest BCUT2D eigenvalue weighted by Gasteiger charge is -2.44. The standard InChI is InChI=1S/C15H30N2/c1-13(16)7-4-5-11-17-12-6-9-14-8-2-3-10-15(14)17/h13-15H,2-12,16H2,1H3/t13?,14-,15-/m1/s1. The molecule has 0 radical (unpaired) electrons. The summed E-state index contributed by atoms with van der Waals surface area (Å²) < 4.78 is 0. The zero-order valence-electron chi connectivity index (χ0n) is 11.5. The van der Waals surface area contributed by atoms with E-state index in [0.29, 0.717) is 6.04 Å². The fourth-order valence-electron chi connectivity index (χ4n) is 3.79. The molecule has 2 N–H and O–H groups in total. The Kier molecular flexibility index (Phi) is 5.30. The molecule has 100 valence electrons. The van der Waals surface area contributed by atoms with Crippen LogP contribution in [0.3, 0.4) is 0 Å². The highest BCUT2D eigenvalue weighted by Gasteiger charge is 2.32. The predicted octanol–water partition coefficient (Wildman–Crippen LogP) is 3.16. The molecule has 2 heteroatoms. The zero-order valence-corrected chi connectivity index (χ0v) is 11.5. The van der Waals surface area contributed by atoms with E-state index in [1.54, 1.807) is 0 Å². The molecule has 2 aliphatic rings. The molecule has 1 heterocycles. The molecule has 3 atom stereocenters. The summed E-state index contributed by atoms with van der Waals surface area (Å²) in [6.45, 7) is 4.81. The fraction of sp³-hybridized carbons (Fsp3) is 1.00. The van der Waals surface area contributed by atoms with E-state index in [1.807, 2.05) is 0 Å². The Bertz CT molecular complexity index is 213. The van der Waals surface area contributed by atoms with Crippen molar-refractivity contribution in [3.63, 3.8) is 0 Å². The van der Waals surface area contributed by atoms with Gasteiger partial charge in [-0.15, -0.1) is 0 Å². The smallest absolute Gasteiger partial charge is 0.0123 e. The summed E-state index contributed by atoms with van der Waals surface area (Å²) in [5.74, 6) is 1.03. The average Bonchev–Trinajstić information content (AvgIpc) is 2.34. The van der Waals surface area contributed by atoms with Crippen molar-refractivity contribution >= 4 is 0 Å². The van der Waals surface area contributed by atoms with Gasteiger partial charge < -0.3 is 10.6 Å². The second-order valence-electron chi connectivity index (χ2n) is 6.26. The predicted molar refractivity (Wildman–Crippen MR) is 74.1 cm³/mol. The van der Waals surface area contributed by atoms with E-state index >= 15 is 0 Å². The number of rotatable bonds is 5. The normalized spacial score (nSPS) is 32.1. The maximum absolute atomic E-state index is 5.80. The molecule has 2 fully saturated rings. The molecule has 0 bridgehead atoms. The first-order chi connectivity index (χ1) is 8.27. The van der Waals surface area contributed by atoms with Crippen molar-refractivity contribution in [2.75, 3.05) is 13.1 Å². The van der Waals surface area contributed by atoms with Gasteiger partial charge in [0.1, 0.15) is 0 Å². The number of nitrogens with two attached hydrogens (primary N) is 1. The summed E-state index contributed by atoms with van der Waals surface area (Å²) in [6, 6.07) is 1.33. The van der Waals surface area contributed by atoms with Gasteiger partial charge in [0.05, 0.1) is 0 Å². The van der Waals surface area contributed by atoms with Crippen molar-refractivity contribution in [1.82, 2.24) is 4.90 Å². The Morgan fingerprint density at radius 1 is 1.12 bits per heavy atom. The molecule has 1 aliphatic heterocycles. The molecule has 0 amide bonds. The Hall–Kier alpha value is -0.0800. The number of likely N-dealkylation sites (tertiary alicyclic amines) is 1. The van der Waals surface area contributed by atoms with Crippen molar-refractivity contribution in [3.8, 4) is 0 Å².